The molecule has 4 N–H and O–H groups in total. The highest BCUT2D eigenvalue weighted by atomic mass is 19.4. The van der Waals surface area contributed by atoms with Gasteiger partial charge < -0.3 is 25.6 Å². The summed E-state index contributed by atoms with van der Waals surface area (Å²) >= 11 is 0. The second-order valence-corrected chi connectivity index (χ2v) is 5.90. The lowest BCUT2D eigenvalue weighted by Gasteiger charge is -2.11. The maximum atomic E-state index is 11.8. The van der Waals surface area contributed by atoms with E-state index in [-0.39, 0.29) is 5.91 Å². The summed E-state index contributed by atoms with van der Waals surface area (Å²) in [6.07, 6.45) is -4.52. The Kier molecular flexibility index (Phi) is 9.06. The molecule has 0 bridgehead atoms. The van der Waals surface area contributed by atoms with E-state index in [1.54, 1.807) is 31.4 Å². The number of halogens is 3. The Balaban J connectivity index is 0.000000553. The van der Waals surface area contributed by atoms with Crippen molar-refractivity contribution in [1.29, 1.82) is 0 Å². The number of aromatic nitrogens is 1. The van der Waals surface area contributed by atoms with Crippen LogP contribution in [0.25, 0.3) is 0 Å². The van der Waals surface area contributed by atoms with Crippen molar-refractivity contribution in [1.82, 2.24) is 4.98 Å². The molecule has 0 aliphatic carbocycles. The highest BCUT2D eigenvalue weighted by Gasteiger charge is 2.38. The van der Waals surface area contributed by atoms with Gasteiger partial charge in [-0.15, -0.1) is 0 Å². The first-order valence-electron chi connectivity index (χ1n) is 8.64. The third-order valence-corrected chi connectivity index (χ3v) is 3.60. The molecule has 0 radical (unpaired) electrons. The number of nitrogens with zero attached hydrogens (tertiary/aromatic N) is 1. The van der Waals surface area contributed by atoms with Crippen molar-refractivity contribution < 1.29 is 37.3 Å². The predicted octanol–water partition coefficient (Wildman–Crippen LogP) is 3.50. The number of aliphatic carboxylic acids is 1. The topological polar surface area (TPSA) is 124 Å². The Labute approximate surface area is 170 Å². The Morgan fingerprint density at radius 2 is 1.90 bits per heavy atom. The van der Waals surface area contributed by atoms with E-state index in [1.807, 2.05) is 26.0 Å². The van der Waals surface area contributed by atoms with Gasteiger partial charge in [-0.05, 0) is 31.0 Å². The van der Waals surface area contributed by atoms with Crippen LogP contribution < -0.4 is 20.5 Å². The Morgan fingerprint density at radius 3 is 2.43 bits per heavy atom. The van der Waals surface area contributed by atoms with Crippen LogP contribution >= 0.6 is 0 Å². The van der Waals surface area contributed by atoms with Crippen LogP contribution in [0.2, 0.25) is 0 Å². The molecule has 1 amide bonds. The molecule has 0 saturated carbocycles. The molecular weight excluding hydrogens is 407 g/mol. The molecular formula is C19H22F3N3O5. The van der Waals surface area contributed by atoms with Gasteiger partial charge in [0.2, 0.25) is 11.8 Å². The van der Waals surface area contributed by atoms with Crippen LogP contribution in [0.4, 0.5) is 19.0 Å². The number of carbonyl (C=O) groups is 2. The third-order valence-electron chi connectivity index (χ3n) is 3.60. The molecule has 2 aromatic rings. The molecule has 0 aliphatic rings. The van der Waals surface area contributed by atoms with Crippen molar-refractivity contribution >= 4 is 17.7 Å². The zero-order valence-electron chi connectivity index (χ0n) is 16.5. The number of alkyl halides is 3. The van der Waals surface area contributed by atoms with E-state index in [0.29, 0.717) is 23.9 Å². The number of carboxylic acid groups (broad SMARTS) is 1. The Hall–Kier alpha value is -3.34. The van der Waals surface area contributed by atoms with Gasteiger partial charge in [-0.25, -0.2) is 4.79 Å². The maximum absolute atomic E-state index is 11.8. The van der Waals surface area contributed by atoms with Crippen LogP contribution in [-0.2, 0) is 9.59 Å². The van der Waals surface area contributed by atoms with Crippen molar-refractivity contribution in [3.63, 3.8) is 0 Å². The molecule has 1 aromatic heterocycles. The fourth-order valence-corrected chi connectivity index (χ4v) is 1.93. The number of hydrogen-bond donors (Lipinski definition) is 3. The SMILES string of the molecule is CC[C@@H](N)C(=O)Nc1cccc(Oc2ccc(C)c(OC)c2)n1.O=C(O)C(F)(F)F. The molecule has 11 heteroatoms. The minimum atomic E-state index is -5.08. The van der Waals surface area contributed by atoms with Crippen LogP contribution in [0.1, 0.15) is 18.9 Å². The number of carboxylic acids is 1. The van der Waals surface area contributed by atoms with Crippen molar-refractivity contribution in [3.05, 3.63) is 42.0 Å². The van der Waals surface area contributed by atoms with E-state index < -0.39 is 18.2 Å². The summed E-state index contributed by atoms with van der Waals surface area (Å²) in [5, 5.41) is 9.80. The third kappa shape index (κ3) is 7.95. The van der Waals surface area contributed by atoms with E-state index in [4.69, 9.17) is 25.1 Å². The molecule has 0 spiro atoms. The number of nitrogens with one attached hydrogen (secondary N) is 1. The van der Waals surface area contributed by atoms with Gasteiger partial charge in [-0.1, -0.05) is 19.1 Å². The summed E-state index contributed by atoms with van der Waals surface area (Å²) in [6, 6.07) is 10.1. The molecule has 0 fully saturated rings. The zero-order valence-corrected chi connectivity index (χ0v) is 16.5. The molecule has 164 valence electrons. The van der Waals surface area contributed by atoms with Crippen LogP contribution in [0, 0.1) is 6.92 Å². The number of carbonyl (C=O) groups excluding carboxylic acids is 1. The number of amides is 1. The normalized spacial score (nSPS) is 11.6. The minimum absolute atomic E-state index is 0.269. The number of hydrogen-bond acceptors (Lipinski definition) is 6. The lowest BCUT2D eigenvalue weighted by molar-refractivity contribution is -0.192. The number of nitrogens with two attached hydrogens (primary N) is 1. The molecule has 0 unspecified atom stereocenters. The summed E-state index contributed by atoms with van der Waals surface area (Å²) in [5.41, 5.74) is 6.70. The van der Waals surface area contributed by atoms with Crippen molar-refractivity contribution in [3.8, 4) is 17.4 Å². The van der Waals surface area contributed by atoms with Crippen LogP contribution in [-0.4, -0.2) is 41.3 Å². The quantitative estimate of drug-likeness (QED) is 0.642. The number of ether oxygens (including phenoxy) is 2. The van der Waals surface area contributed by atoms with Crippen molar-refractivity contribution in [2.45, 2.75) is 32.5 Å². The number of anilines is 1. The number of rotatable bonds is 6. The highest BCUT2D eigenvalue weighted by Crippen LogP contribution is 2.27. The number of benzene rings is 1. The number of methoxy groups -OCH3 is 1. The molecule has 8 nitrogen and oxygen atoms in total. The van der Waals surface area contributed by atoms with E-state index in [1.165, 1.54) is 0 Å². The second-order valence-electron chi connectivity index (χ2n) is 5.90. The van der Waals surface area contributed by atoms with E-state index in [2.05, 4.69) is 10.3 Å². The molecule has 1 aromatic carbocycles. The first-order chi connectivity index (χ1) is 14.0. The van der Waals surface area contributed by atoms with Crippen molar-refractivity contribution in [2.75, 3.05) is 12.4 Å². The molecule has 0 aliphatic heterocycles. The lowest BCUT2D eigenvalue weighted by atomic mass is 10.2. The summed E-state index contributed by atoms with van der Waals surface area (Å²) in [4.78, 5) is 24.9. The summed E-state index contributed by atoms with van der Waals surface area (Å²) < 4.78 is 42.7. The van der Waals surface area contributed by atoms with Crippen LogP contribution in [0.15, 0.2) is 36.4 Å². The zero-order chi connectivity index (χ0) is 22.9. The van der Waals surface area contributed by atoms with Crippen LogP contribution in [0.3, 0.4) is 0 Å². The molecule has 30 heavy (non-hydrogen) atoms. The largest absolute Gasteiger partial charge is 0.496 e. The smallest absolute Gasteiger partial charge is 0.490 e. The average Bonchev–Trinajstić information content (AvgIpc) is 2.68. The first-order valence-corrected chi connectivity index (χ1v) is 8.64. The maximum Gasteiger partial charge on any atom is 0.490 e. The fourth-order valence-electron chi connectivity index (χ4n) is 1.93. The van der Waals surface area contributed by atoms with Gasteiger partial charge in [0.25, 0.3) is 0 Å². The molecule has 1 atom stereocenters. The molecule has 1 heterocycles. The standard InChI is InChI=1S/C17H21N3O3.C2HF3O2/c1-4-13(18)17(21)20-15-6-5-7-16(19-15)23-12-9-8-11(2)14(10-12)22-3;3-2(4,5)1(6)7/h5-10,13H,4,18H2,1-3H3,(H,19,20,21);(H,6,7)/t13-;/m1./s1. The fraction of sp³-hybridized carbons (Fsp3) is 0.316. The van der Waals surface area contributed by atoms with Gasteiger partial charge in [0.05, 0.1) is 13.2 Å². The Morgan fingerprint density at radius 1 is 1.27 bits per heavy atom. The van der Waals surface area contributed by atoms with E-state index in [0.717, 1.165) is 11.3 Å². The second kappa shape index (κ2) is 11.0. The summed E-state index contributed by atoms with van der Waals surface area (Å²) in [5.74, 6) is -0.912. The van der Waals surface area contributed by atoms with Crippen LogP contribution in [0.5, 0.6) is 17.4 Å². The highest BCUT2D eigenvalue weighted by molar-refractivity contribution is 5.93. The van der Waals surface area contributed by atoms with Gasteiger partial charge in [-0.3, -0.25) is 4.79 Å². The summed E-state index contributed by atoms with van der Waals surface area (Å²) in [6.45, 7) is 3.80. The van der Waals surface area contributed by atoms with E-state index >= 15 is 0 Å². The first kappa shape index (κ1) is 24.7. The number of pyridine rings is 1. The van der Waals surface area contributed by atoms with Crippen molar-refractivity contribution in [2.24, 2.45) is 5.73 Å². The van der Waals surface area contributed by atoms with E-state index in [9.17, 15) is 18.0 Å². The van der Waals surface area contributed by atoms with Gasteiger partial charge in [0.1, 0.15) is 17.3 Å². The minimum Gasteiger partial charge on any atom is -0.496 e. The predicted molar refractivity (Wildman–Crippen MR) is 103 cm³/mol. The Bertz CT molecular complexity index is 875. The monoisotopic (exact) mass is 429 g/mol. The molecule has 2 rings (SSSR count). The summed E-state index contributed by atoms with van der Waals surface area (Å²) in [7, 11) is 1.61. The lowest BCUT2D eigenvalue weighted by Crippen LogP contribution is -2.35. The van der Waals surface area contributed by atoms with Gasteiger partial charge in [-0.2, -0.15) is 18.2 Å². The van der Waals surface area contributed by atoms with Gasteiger partial charge in [0, 0.05) is 12.1 Å². The molecule has 0 saturated heterocycles. The number of aryl methyl sites for hydroxylation is 1. The van der Waals surface area contributed by atoms with Gasteiger partial charge >= 0.3 is 12.1 Å². The average molecular weight is 429 g/mol. The van der Waals surface area contributed by atoms with Gasteiger partial charge in [0.15, 0.2) is 0 Å².